The zero-order valence-electron chi connectivity index (χ0n) is 10.6. The predicted molar refractivity (Wildman–Crippen MR) is 69.6 cm³/mol. The summed E-state index contributed by atoms with van der Waals surface area (Å²) in [7, 11) is 0. The monoisotopic (exact) mass is 277 g/mol. The maximum absolute atomic E-state index is 13.7. The van der Waals surface area contributed by atoms with Crippen LogP contribution in [0.1, 0.15) is 28.4 Å². The normalized spacial score (nSPS) is 17.7. The Morgan fingerprint density at radius 3 is 3.00 bits per heavy atom. The number of alkyl halides is 1. The summed E-state index contributed by atoms with van der Waals surface area (Å²) in [4.78, 5) is 18.6. The van der Waals surface area contributed by atoms with E-state index in [4.69, 9.17) is 0 Å². The van der Waals surface area contributed by atoms with Gasteiger partial charge in [0, 0.05) is 35.6 Å². The Bertz CT molecular complexity index is 654. The molecule has 1 unspecified atom stereocenters. The SMILES string of the molecule is O=C1NCC(CCF)c2[nH]c(-c3ccncc3F)cc21. The minimum Gasteiger partial charge on any atom is -0.357 e. The van der Waals surface area contributed by atoms with Gasteiger partial charge in [0.05, 0.1) is 18.4 Å². The molecule has 4 nitrogen and oxygen atoms in total. The van der Waals surface area contributed by atoms with E-state index < -0.39 is 12.5 Å². The molecule has 1 aliphatic heterocycles. The summed E-state index contributed by atoms with van der Waals surface area (Å²) in [5, 5.41) is 2.72. The molecule has 0 saturated heterocycles. The van der Waals surface area contributed by atoms with Gasteiger partial charge in [0.2, 0.25) is 0 Å². The molecule has 2 aromatic rings. The first-order valence-corrected chi connectivity index (χ1v) is 6.37. The largest absolute Gasteiger partial charge is 0.357 e. The van der Waals surface area contributed by atoms with Crippen LogP contribution in [0.15, 0.2) is 24.5 Å². The summed E-state index contributed by atoms with van der Waals surface area (Å²) in [6, 6.07) is 3.14. The summed E-state index contributed by atoms with van der Waals surface area (Å²) in [5.41, 5.74) is 2.00. The van der Waals surface area contributed by atoms with Gasteiger partial charge in [-0.05, 0) is 18.6 Å². The van der Waals surface area contributed by atoms with Crippen LogP contribution in [-0.2, 0) is 0 Å². The van der Waals surface area contributed by atoms with Crippen LogP contribution in [0.25, 0.3) is 11.3 Å². The van der Waals surface area contributed by atoms with E-state index in [1.54, 1.807) is 6.07 Å². The van der Waals surface area contributed by atoms with Gasteiger partial charge in [-0.3, -0.25) is 14.2 Å². The maximum Gasteiger partial charge on any atom is 0.253 e. The van der Waals surface area contributed by atoms with Crippen LogP contribution in [0, 0.1) is 5.82 Å². The number of pyridine rings is 1. The molecule has 1 aliphatic rings. The molecule has 1 atom stereocenters. The summed E-state index contributed by atoms with van der Waals surface area (Å²) in [5.74, 6) is -0.785. The molecule has 0 spiro atoms. The Morgan fingerprint density at radius 2 is 2.25 bits per heavy atom. The second-order valence-corrected chi connectivity index (χ2v) is 4.75. The lowest BCUT2D eigenvalue weighted by Crippen LogP contribution is -2.34. The number of nitrogens with one attached hydrogen (secondary N) is 2. The smallest absolute Gasteiger partial charge is 0.253 e. The second-order valence-electron chi connectivity index (χ2n) is 4.75. The van der Waals surface area contributed by atoms with Gasteiger partial charge in [-0.2, -0.15) is 0 Å². The maximum atomic E-state index is 13.7. The minimum atomic E-state index is -0.464. The van der Waals surface area contributed by atoms with Crippen molar-refractivity contribution in [3.05, 3.63) is 41.6 Å². The van der Waals surface area contributed by atoms with Crippen LogP contribution >= 0.6 is 0 Å². The van der Waals surface area contributed by atoms with Crippen molar-refractivity contribution in [2.45, 2.75) is 12.3 Å². The number of aromatic nitrogens is 2. The van der Waals surface area contributed by atoms with Crippen molar-refractivity contribution in [2.24, 2.45) is 0 Å². The van der Waals surface area contributed by atoms with Crippen LogP contribution in [0.2, 0.25) is 0 Å². The highest BCUT2D eigenvalue weighted by molar-refractivity contribution is 5.98. The number of carbonyl (C=O) groups is 1. The zero-order valence-corrected chi connectivity index (χ0v) is 10.6. The van der Waals surface area contributed by atoms with Crippen LogP contribution < -0.4 is 5.32 Å². The Morgan fingerprint density at radius 1 is 1.40 bits per heavy atom. The molecule has 0 aromatic carbocycles. The van der Waals surface area contributed by atoms with E-state index in [0.717, 1.165) is 6.20 Å². The van der Waals surface area contributed by atoms with E-state index in [0.29, 0.717) is 35.5 Å². The van der Waals surface area contributed by atoms with Crippen LogP contribution in [0.4, 0.5) is 8.78 Å². The minimum absolute atomic E-state index is 0.105. The molecule has 0 saturated carbocycles. The highest BCUT2D eigenvalue weighted by Gasteiger charge is 2.28. The van der Waals surface area contributed by atoms with Gasteiger partial charge in [0.15, 0.2) is 5.82 Å². The van der Waals surface area contributed by atoms with E-state index in [1.807, 2.05) is 0 Å². The third kappa shape index (κ3) is 2.07. The summed E-state index contributed by atoms with van der Waals surface area (Å²) >= 11 is 0. The molecule has 0 fully saturated rings. The highest BCUT2D eigenvalue weighted by Crippen LogP contribution is 2.31. The van der Waals surface area contributed by atoms with Crippen molar-refractivity contribution in [1.82, 2.24) is 15.3 Å². The fraction of sp³-hybridized carbons (Fsp3) is 0.286. The highest BCUT2D eigenvalue weighted by atomic mass is 19.1. The Hall–Kier alpha value is -2.24. The number of halogens is 2. The Labute approximate surface area is 114 Å². The summed E-state index contributed by atoms with van der Waals surface area (Å²) in [6.45, 7) is -0.0630. The number of nitrogens with zero attached hydrogens (tertiary/aromatic N) is 1. The number of hydrogen-bond donors (Lipinski definition) is 2. The molecule has 0 aliphatic carbocycles. The van der Waals surface area contributed by atoms with Crippen molar-refractivity contribution < 1.29 is 13.6 Å². The quantitative estimate of drug-likeness (QED) is 0.905. The van der Waals surface area contributed by atoms with Gasteiger partial charge in [0.25, 0.3) is 5.91 Å². The van der Waals surface area contributed by atoms with E-state index >= 15 is 0 Å². The molecule has 1 amide bonds. The molecule has 0 radical (unpaired) electrons. The van der Waals surface area contributed by atoms with Gasteiger partial charge >= 0.3 is 0 Å². The first kappa shape index (κ1) is 12.8. The number of hydrogen-bond acceptors (Lipinski definition) is 2. The molecular formula is C14H13F2N3O. The standard InChI is InChI=1S/C14H13F2N3O/c15-3-1-8-6-18-14(20)10-5-12(19-13(8)10)9-2-4-17-7-11(9)16/h2,4-5,7-8,19H,1,3,6H2,(H,18,20). The van der Waals surface area contributed by atoms with Gasteiger partial charge in [0.1, 0.15) is 0 Å². The molecule has 3 rings (SSSR count). The van der Waals surface area contributed by atoms with Gasteiger partial charge in [-0.15, -0.1) is 0 Å². The third-order valence-electron chi connectivity index (χ3n) is 3.53. The third-order valence-corrected chi connectivity index (χ3v) is 3.53. The van der Waals surface area contributed by atoms with Crippen LogP contribution in [-0.4, -0.2) is 29.1 Å². The first-order chi connectivity index (χ1) is 9.70. The number of amides is 1. The van der Waals surface area contributed by atoms with Gasteiger partial charge < -0.3 is 10.3 Å². The number of fused-ring (bicyclic) bond motifs is 1. The van der Waals surface area contributed by atoms with E-state index in [2.05, 4.69) is 15.3 Å². The van der Waals surface area contributed by atoms with Gasteiger partial charge in [-0.1, -0.05) is 0 Å². The number of carbonyl (C=O) groups excluding carboxylic acids is 1. The first-order valence-electron chi connectivity index (χ1n) is 6.37. The molecule has 6 heteroatoms. The van der Waals surface area contributed by atoms with Crippen LogP contribution in [0.3, 0.4) is 0 Å². The molecule has 104 valence electrons. The molecule has 0 bridgehead atoms. The fourth-order valence-electron chi connectivity index (χ4n) is 2.51. The average Bonchev–Trinajstić information content (AvgIpc) is 2.88. The second kappa shape index (κ2) is 5.03. The van der Waals surface area contributed by atoms with E-state index in [-0.39, 0.29) is 11.8 Å². The van der Waals surface area contributed by atoms with Crippen molar-refractivity contribution in [1.29, 1.82) is 0 Å². The van der Waals surface area contributed by atoms with Crippen molar-refractivity contribution in [2.75, 3.05) is 13.2 Å². The van der Waals surface area contributed by atoms with Crippen molar-refractivity contribution in [3.8, 4) is 11.3 Å². The zero-order chi connectivity index (χ0) is 14.1. The molecule has 2 aromatic heterocycles. The van der Waals surface area contributed by atoms with Crippen molar-refractivity contribution >= 4 is 5.91 Å². The number of aromatic amines is 1. The summed E-state index contributed by atoms with van der Waals surface area (Å²) < 4.78 is 26.3. The lowest BCUT2D eigenvalue weighted by Gasteiger charge is -2.21. The predicted octanol–water partition coefficient (Wildman–Crippen LogP) is 2.40. The fourth-order valence-corrected chi connectivity index (χ4v) is 2.51. The molecule has 3 heterocycles. The van der Waals surface area contributed by atoms with E-state index in [9.17, 15) is 13.6 Å². The number of H-pyrrole nitrogens is 1. The van der Waals surface area contributed by atoms with Crippen molar-refractivity contribution in [3.63, 3.8) is 0 Å². The lowest BCUT2D eigenvalue weighted by molar-refractivity contribution is 0.0938. The molecule has 2 N–H and O–H groups in total. The molecular weight excluding hydrogens is 264 g/mol. The number of rotatable bonds is 3. The van der Waals surface area contributed by atoms with E-state index in [1.165, 1.54) is 12.3 Å². The summed E-state index contributed by atoms with van der Waals surface area (Å²) in [6.07, 6.45) is 2.93. The lowest BCUT2D eigenvalue weighted by atomic mass is 9.95. The topological polar surface area (TPSA) is 57.8 Å². The Balaban J connectivity index is 2.06. The molecule has 20 heavy (non-hydrogen) atoms. The Kier molecular flexibility index (Phi) is 3.22. The van der Waals surface area contributed by atoms with Gasteiger partial charge in [-0.25, -0.2) is 4.39 Å². The van der Waals surface area contributed by atoms with Crippen LogP contribution in [0.5, 0.6) is 0 Å². The average molecular weight is 277 g/mol.